The highest BCUT2D eigenvalue weighted by Crippen LogP contribution is 2.41. The van der Waals surface area contributed by atoms with E-state index in [4.69, 9.17) is 37.4 Å². The molecule has 0 aliphatic carbocycles. The number of hydrogen-bond donors (Lipinski definition) is 1. The number of anilines is 1. The summed E-state index contributed by atoms with van der Waals surface area (Å²) in [4.78, 5) is 19.6. The molecule has 0 spiro atoms. The minimum atomic E-state index is -1.15. The van der Waals surface area contributed by atoms with Gasteiger partial charge in [0.15, 0.2) is 11.5 Å². The van der Waals surface area contributed by atoms with E-state index in [1.807, 2.05) is 21.7 Å². The molecule has 0 saturated carbocycles. The van der Waals surface area contributed by atoms with Gasteiger partial charge in [0.05, 0.1) is 24.5 Å². The number of phenolic OH excluding ortho intramolecular Hbond substituents is 1. The third-order valence-electron chi connectivity index (χ3n) is 6.61. The lowest BCUT2D eigenvalue weighted by molar-refractivity contribution is -0.189. The standard InChI is InChI=1S/C26H28Cl2N4O5/c1-18(33)31-8-10-32(11-9-31)20-3-5-25(24(34)13-20)35-14-21-15-36-26(37-21,16-30-7-6-29-17-30)22-4-2-19(27)12-23(22)28/h2-7,12-13,17,21,34H,8-11,14-16H2,1H3/t21-,26-/m1/s1. The maximum absolute atomic E-state index is 11.6. The van der Waals surface area contributed by atoms with Crippen molar-refractivity contribution >= 4 is 34.8 Å². The second kappa shape index (κ2) is 10.8. The van der Waals surface area contributed by atoms with Crippen molar-refractivity contribution in [2.75, 3.05) is 44.3 Å². The van der Waals surface area contributed by atoms with E-state index in [2.05, 4.69) is 9.88 Å². The number of carbonyl (C=O) groups excluding carboxylic acids is 1. The lowest BCUT2D eigenvalue weighted by atomic mass is 10.1. The van der Waals surface area contributed by atoms with Crippen LogP contribution in [0.2, 0.25) is 10.0 Å². The van der Waals surface area contributed by atoms with Crippen LogP contribution < -0.4 is 9.64 Å². The second-order valence-electron chi connectivity index (χ2n) is 9.12. The summed E-state index contributed by atoms with van der Waals surface area (Å²) >= 11 is 12.6. The molecule has 1 aromatic heterocycles. The summed E-state index contributed by atoms with van der Waals surface area (Å²) in [6, 6.07) is 10.5. The number of amides is 1. The number of aromatic nitrogens is 2. The van der Waals surface area contributed by atoms with Gasteiger partial charge in [-0.25, -0.2) is 4.98 Å². The summed E-state index contributed by atoms with van der Waals surface area (Å²) in [5.41, 5.74) is 1.54. The molecule has 1 N–H and O–H groups in total. The summed E-state index contributed by atoms with van der Waals surface area (Å²) in [7, 11) is 0. The molecule has 5 rings (SSSR count). The van der Waals surface area contributed by atoms with Gasteiger partial charge >= 0.3 is 0 Å². The van der Waals surface area contributed by atoms with E-state index in [-0.39, 0.29) is 24.9 Å². The zero-order valence-electron chi connectivity index (χ0n) is 20.3. The number of benzene rings is 2. The molecule has 1 amide bonds. The number of hydrogen-bond acceptors (Lipinski definition) is 7. The molecule has 2 aromatic carbocycles. The molecule has 3 heterocycles. The Morgan fingerprint density at radius 2 is 2.00 bits per heavy atom. The van der Waals surface area contributed by atoms with Gasteiger partial charge in [-0.15, -0.1) is 0 Å². The molecule has 0 bridgehead atoms. The first-order valence-electron chi connectivity index (χ1n) is 12.0. The van der Waals surface area contributed by atoms with Crippen LogP contribution in [-0.2, 0) is 26.6 Å². The van der Waals surface area contributed by atoms with Crippen LogP contribution in [0.3, 0.4) is 0 Å². The first-order valence-corrected chi connectivity index (χ1v) is 12.8. The molecule has 9 nitrogen and oxygen atoms in total. The molecule has 196 valence electrons. The van der Waals surface area contributed by atoms with E-state index < -0.39 is 11.9 Å². The van der Waals surface area contributed by atoms with Gasteiger partial charge in [-0.1, -0.05) is 29.3 Å². The van der Waals surface area contributed by atoms with Crippen LogP contribution in [0.5, 0.6) is 11.5 Å². The van der Waals surface area contributed by atoms with Crippen molar-refractivity contribution in [3.63, 3.8) is 0 Å². The maximum atomic E-state index is 11.6. The van der Waals surface area contributed by atoms with Crippen LogP contribution >= 0.6 is 23.2 Å². The number of halogens is 2. The molecular formula is C26H28Cl2N4O5. The Labute approximate surface area is 225 Å². The van der Waals surface area contributed by atoms with Crippen LogP contribution in [0.25, 0.3) is 0 Å². The average Bonchev–Trinajstić information content (AvgIpc) is 3.54. The molecule has 0 unspecified atom stereocenters. The molecule has 11 heteroatoms. The molecule has 2 atom stereocenters. The predicted molar refractivity (Wildman–Crippen MR) is 139 cm³/mol. The summed E-state index contributed by atoms with van der Waals surface area (Å²) in [6.45, 7) is 5.09. The zero-order valence-corrected chi connectivity index (χ0v) is 21.9. The molecule has 37 heavy (non-hydrogen) atoms. The van der Waals surface area contributed by atoms with Crippen molar-refractivity contribution in [2.45, 2.75) is 25.4 Å². The molecule has 2 saturated heterocycles. The Morgan fingerprint density at radius 1 is 1.19 bits per heavy atom. The van der Waals surface area contributed by atoms with Gasteiger partial charge in [0.25, 0.3) is 0 Å². The Balaban J connectivity index is 1.25. The highest BCUT2D eigenvalue weighted by Gasteiger charge is 2.45. The SMILES string of the molecule is CC(=O)N1CCN(c2ccc(OC[C@@H]3CO[C@@](Cn4ccnc4)(c4ccc(Cl)cc4Cl)O3)c(O)c2)CC1. The van der Waals surface area contributed by atoms with E-state index in [1.165, 1.54) is 0 Å². The van der Waals surface area contributed by atoms with Crippen LogP contribution in [-0.4, -0.2) is 71.0 Å². The number of aromatic hydroxyl groups is 1. The summed E-state index contributed by atoms with van der Waals surface area (Å²) < 4.78 is 20.4. The quantitative estimate of drug-likeness (QED) is 0.480. The fourth-order valence-electron chi connectivity index (χ4n) is 4.66. The van der Waals surface area contributed by atoms with Gasteiger partial charge < -0.3 is 33.7 Å². The van der Waals surface area contributed by atoms with Crippen molar-refractivity contribution in [1.82, 2.24) is 14.5 Å². The molecule has 3 aromatic rings. The fourth-order valence-corrected chi connectivity index (χ4v) is 5.21. The number of nitrogens with zero attached hydrogens (tertiary/aromatic N) is 4. The Hall–Kier alpha value is -2.98. The van der Waals surface area contributed by atoms with Crippen molar-refractivity contribution in [1.29, 1.82) is 0 Å². The minimum Gasteiger partial charge on any atom is -0.504 e. The topological polar surface area (TPSA) is 89.3 Å². The average molecular weight is 547 g/mol. The molecule has 2 fully saturated rings. The van der Waals surface area contributed by atoms with Crippen molar-refractivity contribution in [3.05, 3.63) is 70.7 Å². The van der Waals surface area contributed by atoms with Gasteiger partial charge in [-0.05, 0) is 24.3 Å². The largest absolute Gasteiger partial charge is 0.504 e. The third-order valence-corrected chi connectivity index (χ3v) is 7.16. The summed E-state index contributed by atoms with van der Waals surface area (Å²) in [5.74, 6) is -0.677. The third kappa shape index (κ3) is 5.65. The monoisotopic (exact) mass is 546 g/mol. The van der Waals surface area contributed by atoms with Crippen molar-refractivity contribution in [2.24, 2.45) is 0 Å². The number of carbonyl (C=O) groups is 1. The smallest absolute Gasteiger partial charge is 0.219 e. The Morgan fingerprint density at radius 3 is 2.68 bits per heavy atom. The molecule has 0 radical (unpaired) electrons. The van der Waals surface area contributed by atoms with E-state index >= 15 is 0 Å². The minimum absolute atomic E-state index is 0.0378. The van der Waals surface area contributed by atoms with E-state index in [1.54, 1.807) is 49.8 Å². The van der Waals surface area contributed by atoms with Crippen LogP contribution in [0.15, 0.2) is 55.1 Å². The first kappa shape index (κ1) is 25.7. The normalized spacial score (nSPS) is 21.9. The summed E-state index contributed by atoms with van der Waals surface area (Å²) in [6.07, 6.45) is 4.78. The van der Waals surface area contributed by atoms with E-state index in [0.717, 1.165) is 5.69 Å². The van der Waals surface area contributed by atoms with Gasteiger partial charge in [0.1, 0.15) is 12.7 Å². The lowest BCUT2D eigenvalue weighted by Crippen LogP contribution is -2.48. The van der Waals surface area contributed by atoms with Gasteiger partial charge in [0.2, 0.25) is 11.7 Å². The predicted octanol–water partition coefficient (Wildman–Crippen LogP) is 3.91. The van der Waals surface area contributed by atoms with E-state index in [0.29, 0.717) is 54.1 Å². The van der Waals surface area contributed by atoms with Crippen LogP contribution in [0, 0.1) is 0 Å². The highest BCUT2D eigenvalue weighted by atomic mass is 35.5. The highest BCUT2D eigenvalue weighted by molar-refractivity contribution is 6.35. The second-order valence-corrected chi connectivity index (χ2v) is 9.96. The first-order chi connectivity index (χ1) is 17.8. The Kier molecular flexibility index (Phi) is 7.48. The fraction of sp³-hybridized carbons (Fsp3) is 0.385. The Bertz CT molecular complexity index is 1250. The van der Waals surface area contributed by atoms with E-state index in [9.17, 15) is 9.90 Å². The number of rotatable bonds is 7. The molecule has 2 aliphatic heterocycles. The number of ether oxygens (including phenoxy) is 3. The van der Waals surface area contributed by atoms with Gasteiger partial charge in [-0.2, -0.15) is 0 Å². The van der Waals surface area contributed by atoms with Crippen molar-refractivity contribution < 1.29 is 24.1 Å². The maximum Gasteiger partial charge on any atom is 0.219 e. The summed E-state index contributed by atoms with van der Waals surface area (Å²) in [5, 5.41) is 11.6. The van der Waals surface area contributed by atoms with Gasteiger partial charge in [0, 0.05) is 67.8 Å². The van der Waals surface area contributed by atoms with Crippen LogP contribution in [0.1, 0.15) is 12.5 Å². The zero-order chi connectivity index (χ0) is 26.0. The molecular weight excluding hydrogens is 519 g/mol. The van der Waals surface area contributed by atoms with Crippen molar-refractivity contribution in [3.8, 4) is 11.5 Å². The lowest BCUT2D eigenvalue weighted by Gasteiger charge is -2.35. The van der Waals surface area contributed by atoms with Crippen LogP contribution in [0.4, 0.5) is 5.69 Å². The van der Waals surface area contributed by atoms with Gasteiger partial charge in [-0.3, -0.25) is 4.79 Å². The molecule has 2 aliphatic rings. The number of phenols is 1. The number of imidazole rings is 1. The number of piperazine rings is 1.